The molecule has 2 atom stereocenters. The number of rotatable bonds is 5. The van der Waals surface area contributed by atoms with Crippen molar-refractivity contribution in [3.63, 3.8) is 0 Å². The monoisotopic (exact) mass is 401 g/mol. The molecule has 2 unspecified atom stereocenters. The van der Waals surface area contributed by atoms with Crippen molar-refractivity contribution in [2.45, 2.75) is 51.2 Å². The molecule has 3 rings (SSSR count). The number of nitrogens with zero attached hydrogens (tertiary/aromatic N) is 3. The summed E-state index contributed by atoms with van der Waals surface area (Å²) < 4.78 is 14.1. The summed E-state index contributed by atoms with van der Waals surface area (Å²) in [5.74, 6) is -0.305. The number of halogens is 1. The second-order valence-corrected chi connectivity index (χ2v) is 7.97. The lowest BCUT2D eigenvalue weighted by molar-refractivity contribution is 0.0921. The van der Waals surface area contributed by atoms with E-state index in [2.05, 4.69) is 16.7 Å². The van der Waals surface area contributed by atoms with Crippen LogP contribution in [0, 0.1) is 30.0 Å². The van der Waals surface area contributed by atoms with E-state index in [1.807, 2.05) is 17.9 Å². The highest BCUT2D eigenvalue weighted by Crippen LogP contribution is 2.33. The van der Waals surface area contributed by atoms with Gasteiger partial charge in [0, 0.05) is 44.7 Å². The molecule has 2 aliphatic rings. The number of benzene rings is 1. The minimum atomic E-state index is -0.333. The van der Waals surface area contributed by atoms with Gasteiger partial charge in [-0.05, 0) is 43.7 Å². The molecule has 1 aliphatic carbocycles. The van der Waals surface area contributed by atoms with Crippen LogP contribution in [0.1, 0.15) is 36.8 Å². The van der Waals surface area contributed by atoms with Crippen LogP contribution in [0.5, 0.6) is 0 Å². The summed E-state index contributed by atoms with van der Waals surface area (Å²) in [6.45, 7) is 2.88. The summed E-state index contributed by atoms with van der Waals surface area (Å²) in [6.07, 6.45) is 2.87. The highest BCUT2D eigenvalue weighted by Gasteiger charge is 2.41. The number of urea groups is 2. The van der Waals surface area contributed by atoms with Crippen LogP contribution in [-0.2, 0) is 6.54 Å². The molecule has 4 amide bonds. The Morgan fingerprint density at radius 3 is 2.69 bits per heavy atom. The van der Waals surface area contributed by atoms with Crippen molar-refractivity contribution < 1.29 is 14.0 Å². The molecule has 156 valence electrons. The summed E-state index contributed by atoms with van der Waals surface area (Å²) in [6, 6.07) is 6.68. The van der Waals surface area contributed by atoms with Crippen LogP contribution in [0.3, 0.4) is 0 Å². The largest absolute Gasteiger partial charge is 0.341 e. The molecule has 2 N–H and O–H groups in total. The van der Waals surface area contributed by atoms with Crippen LogP contribution in [0.4, 0.5) is 14.0 Å². The molecule has 0 aromatic heterocycles. The molecule has 1 heterocycles. The molecule has 2 fully saturated rings. The number of carbonyl (C=O) groups excluding carboxylic acids is 2. The van der Waals surface area contributed by atoms with Crippen LogP contribution in [0.25, 0.3) is 0 Å². The quantitative estimate of drug-likeness (QED) is 0.795. The number of nitriles is 1. The van der Waals surface area contributed by atoms with Crippen molar-refractivity contribution in [3.8, 4) is 6.07 Å². The molecule has 0 bridgehead atoms. The Labute approximate surface area is 170 Å². The number of likely N-dealkylation sites (tertiary alicyclic amines) is 1. The van der Waals surface area contributed by atoms with E-state index < -0.39 is 0 Å². The van der Waals surface area contributed by atoms with Gasteiger partial charge in [0.2, 0.25) is 0 Å². The van der Waals surface area contributed by atoms with Gasteiger partial charge in [0.15, 0.2) is 0 Å². The summed E-state index contributed by atoms with van der Waals surface area (Å²) in [7, 11) is 1.58. The van der Waals surface area contributed by atoms with Gasteiger partial charge in [-0.3, -0.25) is 0 Å². The van der Waals surface area contributed by atoms with Crippen molar-refractivity contribution in [1.29, 1.82) is 5.26 Å². The van der Waals surface area contributed by atoms with Crippen molar-refractivity contribution in [3.05, 3.63) is 35.1 Å². The van der Waals surface area contributed by atoms with E-state index in [9.17, 15) is 14.0 Å². The minimum Gasteiger partial charge on any atom is -0.341 e. The minimum absolute atomic E-state index is 0.0274. The van der Waals surface area contributed by atoms with Gasteiger partial charge < -0.3 is 20.4 Å². The van der Waals surface area contributed by atoms with E-state index in [-0.39, 0.29) is 42.4 Å². The zero-order valence-electron chi connectivity index (χ0n) is 16.9. The molecule has 7 nitrogen and oxygen atoms in total. The van der Waals surface area contributed by atoms with Crippen molar-refractivity contribution in [2.75, 3.05) is 20.1 Å². The van der Waals surface area contributed by atoms with E-state index in [4.69, 9.17) is 5.26 Å². The standard InChI is InChI=1S/C21H28FN5O2/c1-14-3-4-16(19(22)9-14)11-25-21(29)27(17-5-6-17)18-10-15(7-8-23)12-26(13-18)20(28)24-2/h3-4,9,15,17-18H,5-7,10-13H2,1-2H3,(H,24,28)(H,25,29). The van der Waals surface area contributed by atoms with Crippen molar-refractivity contribution >= 4 is 12.1 Å². The average Bonchev–Trinajstić information content (AvgIpc) is 3.52. The SMILES string of the molecule is CNC(=O)N1CC(CC#N)CC(N(C(=O)NCc2ccc(C)cc2F)C2CC2)C1. The van der Waals surface area contributed by atoms with Gasteiger partial charge in [-0.2, -0.15) is 5.26 Å². The van der Waals surface area contributed by atoms with Gasteiger partial charge in [0.1, 0.15) is 5.82 Å². The first kappa shape index (κ1) is 20.9. The summed E-state index contributed by atoms with van der Waals surface area (Å²) >= 11 is 0. The third kappa shape index (κ3) is 5.17. The topological polar surface area (TPSA) is 88.5 Å². The third-order valence-electron chi connectivity index (χ3n) is 5.60. The Hall–Kier alpha value is -2.82. The van der Waals surface area contributed by atoms with Crippen molar-refractivity contribution in [2.24, 2.45) is 5.92 Å². The number of hydrogen-bond donors (Lipinski definition) is 2. The number of piperidine rings is 1. The van der Waals surface area contributed by atoms with Gasteiger partial charge >= 0.3 is 12.1 Å². The zero-order valence-corrected chi connectivity index (χ0v) is 16.9. The molecule has 1 saturated carbocycles. The summed E-state index contributed by atoms with van der Waals surface area (Å²) in [4.78, 5) is 28.7. The number of nitrogens with one attached hydrogen (secondary N) is 2. The first-order valence-electron chi connectivity index (χ1n) is 10.1. The second-order valence-electron chi connectivity index (χ2n) is 7.97. The molecule has 29 heavy (non-hydrogen) atoms. The Morgan fingerprint density at radius 1 is 1.31 bits per heavy atom. The lowest BCUT2D eigenvalue weighted by atomic mass is 9.91. The summed E-state index contributed by atoms with van der Waals surface area (Å²) in [5.41, 5.74) is 1.27. The summed E-state index contributed by atoms with van der Waals surface area (Å²) in [5, 5.41) is 14.6. The molecule has 1 aliphatic heterocycles. The maximum absolute atomic E-state index is 14.1. The van der Waals surface area contributed by atoms with Gasteiger partial charge in [-0.15, -0.1) is 0 Å². The predicted octanol–water partition coefficient (Wildman–Crippen LogP) is 2.75. The average molecular weight is 401 g/mol. The van der Waals surface area contributed by atoms with Gasteiger partial charge in [0.05, 0.1) is 12.1 Å². The van der Waals surface area contributed by atoms with Crippen LogP contribution >= 0.6 is 0 Å². The molecular weight excluding hydrogens is 373 g/mol. The number of carbonyl (C=O) groups is 2. The maximum atomic E-state index is 14.1. The maximum Gasteiger partial charge on any atom is 0.318 e. The van der Waals surface area contributed by atoms with E-state index >= 15 is 0 Å². The zero-order chi connectivity index (χ0) is 21.0. The predicted molar refractivity (Wildman–Crippen MR) is 106 cm³/mol. The molecule has 0 radical (unpaired) electrons. The number of amides is 4. The fourth-order valence-corrected chi connectivity index (χ4v) is 4.02. The first-order chi connectivity index (χ1) is 13.9. The molecule has 0 spiro atoms. The van der Waals surface area contributed by atoms with Crippen molar-refractivity contribution in [1.82, 2.24) is 20.4 Å². The fourth-order valence-electron chi connectivity index (χ4n) is 4.02. The fraction of sp³-hybridized carbons (Fsp3) is 0.571. The molecule has 1 saturated heterocycles. The number of aryl methyl sites for hydroxylation is 1. The Kier molecular flexibility index (Phi) is 6.57. The van der Waals surface area contributed by atoms with Gasteiger partial charge in [-0.25, -0.2) is 14.0 Å². The number of hydrogen-bond acceptors (Lipinski definition) is 3. The molecule has 8 heteroatoms. The molecule has 1 aromatic rings. The Bertz CT molecular complexity index is 805. The first-order valence-corrected chi connectivity index (χ1v) is 10.1. The molecule has 1 aromatic carbocycles. The van der Waals surface area contributed by atoms with Gasteiger partial charge in [0.25, 0.3) is 0 Å². The van der Waals surface area contributed by atoms with Gasteiger partial charge in [-0.1, -0.05) is 12.1 Å². The van der Waals surface area contributed by atoms with E-state index in [1.54, 1.807) is 18.0 Å². The van der Waals surface area contributed by atoms with E-state index in [0.717, 1.165) is 18.4 Å². The Morgan fingerprint density at radius 2 is 2.07 bits per heavy atom. The third-order valence-corrected chi connectivity index (χ3v) is 5.60. The van der Waals surface area contributed by atoms with Crippen LogP contribution in [0.15, 0.2) is 18.2 Å². The lowest BCUT2D eigenvalue weighted by Gasteiger charge is -2.42. The highest BCUT2D eigenvalue weighted by molar-refractivity contribution is 5.76. The highest BCUT2D eigenvalue weighted by atomic mass is 19.1. The smallest absolute Gasteiger partial charge is 0.318 e. The van der Waals surface area contributed by atoms with Crippen LogP contribution in [0.2, 0.25) is 0 Å². The van der Waals surface area contributed by atoms with E-state index in [0.29, 0.717) is 31.5 Å². The lowest BCUT2D eigenvalue weighted by Crippen LogP contribution is -2.58. The second kappa shape index (κ2) is 9.12. The molecular formula is C21H28FN5O2. The van der Waals surface area contributed by atoms with E-state index in [1.165, 1.54) is 6.07 Å². The van der Waals surface area contributed by atoms with Crippen LogP contribution in [-0.4, -0.2) is 54.1 Å². The normalized spacial score (nSPS) is 21.2. The van der Waals surface area contributed by atoms with Crippen LogP contribution < -0.4 is 10.6 Å². The Balaban J connectivity index is 1.71.